The van der Waals surface area contributed by atoms with Crippen LogP contribution in [0.25, 0.3) is 0 Å². The molecule has 0 bridgehead atoms. The molecule has 1 heterocycles. The lowest BCUT2D eigenvalue weighted by Crippen LogP contribution is -2.07. The average Bonchev–Trinajstić information content (AvgIpc) is 2.47. The molecule has 3 heteroatoms. The zero-order chi connectivity index (χ0) is 9.84. The normalized spacial score (nSPS) is 13.6. The Labute approximate surface area is 101 Å². The predicted molar refractivity (Wildman–Crippen MR) is 67.9 cm³/mol. The van der Waals surface area contributed by atoms with Crippen LogP contribution in [-0.2, 0) is 6.42 Å². The van der Waals surface area contributed by atoms with Gasteiger partial charge < -0.3 is 0 Å². The van der Waals surface area contributed by atoms with Crippen LogP contribution in [0.3, 0.4) is 0 Å². The van der Waals surface area contributed by atoms with E-state index in [9.17, 15) is 0 Å². The lowest BCUT2D eigenvalue weighted by molar-refractivity contribution is 0.583. The van der Waals surface area contributed by atoms with Gasteiger partial charge in [-0.3, -0.25) is 0 Å². The summed E-state index contributed by atoms with van der Waals surface area (Å²) in [5.41, 5.74) is 0. The standard InChI is InChI=1S/C10H14Br2S/c1-7(2)10(12)4-3-9-5-8(11)6-13-9/h5-7,10H,3-4H2,1-2H3. The van der Waals surface area contributed by atoms with Crippen molar-refractivity contribution < 1.29 is 0 Å². The van der Waals surface area contributed by atoms with Crippen LogP contribution >= 0.6 is 43.2 Å². The number of alkyl halides is 1. The Balaban J connectivity index is 2.35. The lowest BCUT2D eigenvalue weighted by atomic mass is 10.1. The summed E-state index contributed by atoms with van der Waals surface area (Å²) < 4.78 is 1.21. The zero-order valence-electron chi connectivity index (χ0n) is 7.89. The molecule has 1 rings (SSSR count). The first kappa shape index (κ1) is 11.7. The Morgan fingerprint density at radius 3 is 2.62 bits per heavy atom. The SMILES string of the molecule is CC(C)C(Br)CCc1cc(Br)cs1. The summed E-state index contributed by atoms with van der Waals surface area (Å²) in [5, 5.41) is 2.15. The molecule has 1 aromatic rings. The van der Waals surface area contributed by atoms with E-state index in [2.05, 4.69) is 57.2 Å². The van der Waals surface area contributed by atoms with E-state index in [1.54, 1.807) is 0 Å². The number of hydrogen-bond donors (Lipinski definition) is 0. The molecular weight excluding hydrogens is 312 g/mol. The third kappa shape index (κ3) is 4.13. The topological polar surface area (TPSA) is 0 Å². The average molecular weight is 326 g/mol. The summed E-state index contributed by atoms with van der Waals surface area (Å²) in [6.45, 7) is 4.51. The Morgan fingerprint density at radius 2 is 2.15 bits per heavy atom. The largest absolute Gasteiger partial charge is 0.148 e. The fourth-order valence-corrected chi connectivity index (χ4v) is 2.80. The molecule has 0 saturated carbocycles. The Morgan fingerprint density at radius 1 is 1.46 bits per heavy atom. The predicted octanol–water partition coefficient (Wildman–Crippen LogP) is 4.86. The van der Waals surface area contributed by atoms with E-state index >= 15 is 0 Å². The smallest absolute Gasteiger partial charge is 0.0285 e. The summed E-state index contributed by atoms with van der Waals surface area (Å²) in [6, 6.07) is 2.21. The van der Waals surface area contributed by atoms with Gasteiger partial charge in [0.15, 0.2) is 0 Å². The second-order valence-electron chi connectivity index (χ2n) is 3.53. The number of halogens is 2. The van der Waals surface area contributed by atoms with E-state index in [4.69, 9.17) is 0 Å². The van der Waals surface area contributed by atoms with Crippen LogP contribution in [0.2, 0.25) is 0 Å². The summed E-state index contributed by atoms with van der Waals surface area (Å²) >= 11 is 9.00. The van der Waals surface area contributed by atoms with Crippen molar-refractivity contribution >= 4 is 43.2 Å². The van der Waals surface area contributed by atoms with Gasteiger partial charge in [-0.15, -0.1) is 11.3 Å². The van der Waals surface area contributed by atoms with E-state index < -0.39 is 0 Å². The first-order valence-electron chi connectivity index (χ1n) is 4.46. The molecule has 1 aromatic heterocycles. The summed E-state index contributed by atoms with van der Waals surface area (Å²) in [7, 11) is 0. The summed E-state index contributed by atoms with van der Waals surface area (Å²) in [6.07, 6.45) is 2.41. The zero-order valence-corrected chi connectivity index (χ0v) is 11.9. The van der Waals surface area contributed by atoms with Gasteiger partial charge in [0.2, 0.25) is 0 Å². The first-order chi connectivity index (χ1) is 6.09. The first-order valence-corrected chi connectivity index (χ1v) is 7.05. The van der Waals surface area contributed by atoms with E-state index in [1.807, 2.05) is 11.3 Å². The lowest BCUT2D eigenvalue weighted by Gasteiger charge is -2.12. The van der Waals surface area contributed by atoms with Gasteiger partial charge in [0.25, 0.3) is 0 Å². The molecule has 0 aliphatic carbocycles. The van der Waals surface area contributed by atoms with E-state index in [0.29, 0.717) is 4.83 Å². The monoisotopic (exact) mass is 324 g/mol. The van der Waals surface area contributed by atoms with Gasteiger partial charge in [0, 0.05) is 19.6 Å². The molecule has 0 nitrogen and oxygen atoms in total. The van der Waals surface area contributed by atoms with Crippen molar-refractivity contribution in [1.82, 2.24) is 0 Å². The van der Waals surface area contributed by atoms with Crippen molar-refractivity contribution in [3.63, 3.8) is 0 Å². The molecule has 0 amide bonds. The number of thiophene rings is 1. The van der Waals surface area contributed by atoms with Gasteiger partial charge >= 0.3 is 0 Å². The number of aryl methyl sites for hydroxylation is 1. The van der Waals surface area contributed by atoms with E-state index in [1.165, 1.54) is 22.2 Å². The third-order valence-corrected chi connectivity index (χ3v) is 5.28. The van der Waals surface area contributed by atoms with Crippen LogP contribution in [0.1, 0.15) is 25.1 Å². The van der Waals surface area contributed by atoms with Gasteiger partial charge in [-0.05, 0) is 40.8 Å². The van der Waals surface area contributed by atoms with Gasteiger partial charge in [-0.25, -0.2) is 0 Å². The highest BCUT2D eigenvalue weighted by Crippen LogP contribution is 2.24. The van der Waals surface area contributed by atoms with Crippen molar-refractivity contribution in [2.24, 2.45) is 5.92 Å². The molecule has 1 atom stereocenters. The van der Waals surface area contributed by atoms with E-state index in [-0.39, 0.29) is 0 Å². The highest BCUT2D eigenvalue weighted by atomic mass is 79.9. The second kappa shape index (κ2) is 5.52. The minimum Gasteiger partial charge on any atom is -0.148 e. The van der Waals surface area contributed by atoms with Crippen LogP contribution in [0.4, 0.5) is 0 Å². The van der Waals surface area contributed by atoms with Crippen LogP contribution in [0.15, 0.2) is 15.9 Å². The maximum Gasteiger partial charge on any atom is 0.0285 e. The van der Waals surface area contributed by atoms with Crippen LogP contribution < -0.4 is 0 Å². The number of hydrogen-bond acceptors (Lipinski definition) is 1. The fourth-order valence-electron chi connectivity index (χ4n) is 1.10. The maximum absolute atomic E-state index is 3.70. The summed E-state index contributed by atoms with van der Waals surface area (Å²) in [4.78, 5) is 2.12. The Hall–Kier alpha value is 0.660. The van der Waals surface area contributed by atoms with Gasteiger partial charge in [0.05, 0.1) is 0 Å². The molecule has 0 saturated heterocycles. The molecule has 0 aliphatic heterocycles. The number of rotatable bonds is 4. The molecule has 0 spiro atoms. The molecule has 13 heavy (non-hydrogen) atoms. The van der Waals surface area contributed by atoms with Crippen LogP contribution in [0, 0.1) is 5.92 Å². The van der Waals surface area contributed by atoms with Gasteiger partial charge in [0.1, 0.15) is 0 Å². The van der Waals surface area contributed by atoms with Crippen LogP contribution in [0.5, 0.6) is 0 Å². The Bertz CT molecular complexity index is 255. The molecule has 0 aliphatic rings. The quantitative estimate of drug-likeness (QED) is 0.693. The molecular formula is C10H14Br2S. The maximum atomic E-state index is 3.70. The molecule has 0 N–H and O–H groups in total. The molecule has 0 radical (unpaired) electrons. The molecule has 74 valence electrons. The summed E-state index contributed by atoms with van der Waals surface area (Å²) in [5.74, 6) is 0.725. The van der Waals surface area contributed by atoms with Crippen molar-refractivity contribution in [2.75, 3.05) is 0 Å². The van der Waals surface area contributed by atoms with Crippen molar-refractivity contribution in [2.45, 2.75) is 31.5 Å². The van der Waals surface area contributed by atoms with Crippen LogP contribution in [-0.4, -0.2) is 4.83 Å². The van der Waals surface area contributed by atoms with Gasteiger partial charge in [-0.1, -0.05) is 29.8 Å². The highest BCUT2D eigenvalue weighted by molar-refractivity contribution is 9.10. The molecule has 1 unspecified atom stereocenters. The Kier molecular flexibility index (Phi) is 4.98. The van der Waals surface area contributed by atoms with Gasteiger partial charge in [-0.2, -0.15) is 0 Å². The molecule has 0 aromatic carbocycles. The third-order valence-electron chi connectivity index (χ3n) is 2.01. The second-order valence-corrected chi connectivity index (χ2v) is 6.62. The fraction of sp³-hybridized carbons (Fsp3) is 0.600. The van der Waals surface area contributed by atoms with Crippen molar-refractivity contribution in [3.05, 3.63) is 20.8 Å². The van der Waals surface area contributed by atoms with Crippen molar-refractivity contribution in [1.29, 1.82) is 0 Å². The van der Waals surface area contributed by atoms with Crippen molar-refractivity contribution in [3.8, 4) is 0 Å². The minimum absolute atomic E-state index is 0.647. The minimum atomic E-state index is 0.647. The van der Waals surface area contributed by atoms with E-state index in [0.717, 1.165) is 5.92 Å². The molecule has 0 fully saturated rings. The highest BCUT2D eigenvalue weighted by Gasteiger charge is 2.09.